The van der Waals surface area contributed by atoms with Gasteiger partial charge in [-0.25, -0.2) is 0 Å². The maximum absolute atomic E-state index is 9.62. The maximum atomic E-state index is 9.62. The van der Waals surface area contributed by atoms with Gasteiger partial charge in [0.1, 0.15) is 0 Å². The van der Waals surface area contributed by atoms with Crippen LogP contribution in [0.5, 0.6) is 0 Å². The lowest BCUT2D eigenvalue weighted by molar-refractivity contribution is -0.131. The molecule has 0 fully saturated rings. The predicted octanol–water partition coefficient (Wildman–Crippen LogP) is 2.18. The summed E-state index contributed by atoms with van der Waals surface area (Å²) in [5, 5.41) is 0. The van der Waals surface area contributed by atoms with Gasteiger partial charge in [0.2, 0.25) is 10.5 Å². The van der Waals surface area contributed by atoms with E-state index in [2.05, 4.69) is 53.0 Å². The van der Waals surface area contributed by atoms with E-state index >= 15 is 0 Å². The molecule has 0 radical (unpaired) electrons. The van der Waals surface area contributed by atoms with Gasteiger partial charge in [-0.1, -0.05) is 60.7 Å². The van der Waals surface area contributed by atoms with Gasteiger partial charge < -0.3 is 4.43 Å². The molecule has 0 aromatic heterocycles. The van der Waals surface area contributed by atoms with Crippen molar-refractivity contribution in [3.05, 3.63) is 60.7 Å². The molecule has 0 spiro atoms. The van der Waals surface area contributed by atoms with Crippen molar-refractivity contribution in [2.45, 2.75) is 6.92 Å². The van der Waals surface area contributed by atoms with Crippen molar-refractivity contribution in [2.24, 2.45) is 0 Å². The number of rotatable bonds is 1. The highest BCUT2D eigenvalue weighted by molar-refractivity contribution is 6.04. The van der Waals surface area contributed by atoms with Crippen molar-refractivity contribution in [2.75, 3.05) is 0 Å². The smallest absolute Gasteiger partial charge is 0.288 e. The van der Waals surface area contributed by atoms with Crippen LogP contribution in [0.1, 0.15) is 6.92 Å². The maximum Gasteiger partial charge on any atom is 0.288 e. The van der Waals surface area contributed by atoms with E-state index in [1.165, 1.54) is 18.1 Å². The summed E-state index contributed by atoms with van der Waals surface area (Å²) >= 11 is 0. The number of carbonyl (C=O) groups excluding carboxylic acids is 1. The molecule has 88 valence electrons. The summed E-state index contributed by atoms with van der Waals surface area (Å²) in [5.41, 5.74) is 2.55. The number of hydrogen-bond acceptors (Lipinski definition) is 2. The van der Waals surface area contributed by atoms with Gasteiger partial charge in [-0.3, -0.25) is 4.79 Å². The topological polar surface area (TPSA) is 26.3 Å². The lowest BCUT2D eigenvalue weighted by atomic mass is 10.1. The van der Waals surface area contributed by atoms with Crippen LogP contribution in [0.2, 0.25) is 0 Å². The Labute approximate surface area is 105 Å². The minimum atomic E-state index is -0.184. The highest BCUT2D eigenvalue weighted by Gasteiger charge is 1.91. The van der Waals surface area contributed by atoms with Gasteiger partial charge in [-0.05, 0) is 11.1 Å². The average Bonchev–Trinajstić information content (AvgIpc) is 2.41. The molecule has 2 aromatic carbocycles. The van der Waals surface area contributed by atoms with Crippen LogP contribution in [-0.2, 0) is 9.22 Å². The summed E-state index contributed by atoms with van der Waals surface area (Å²) in [7, 11) is 0.524. The van der Waals surface area contributed by atoms with E-state index < -0.39 is 0 Å². The monoisotopic (exact) mass is 244 g/mol. The summed E-state index contributed by atoms with van der Waals surface area (Å²) in [5.74, 6) is -0.184. The molecule has 17 heavy (non-hydrogen) atoms. The Morgan fingerprint density at radius 3 is 1.41 bits per heavy atom. The molecule has 3 heteroatoms. The lowest BCUT2D eigenvalue weighted by Gasteiger charge is -1.98. The van der Waals surface area contributed by atoms with Crippen LogP contribution in [0.3, 0.4) is 0 Å². The Morgan fingerprint density at radius 2 is 1.18 bits per heavy atom. The van der Waals surface area contributed by atoms with Crippen molar-refractivity contribution in [3.63, 3.8) is 0 Å². The van der Waals surface area contributed by atoms with E-state index in [0.717, 1.165) is 0 Å². The molecule has 0 saturated carbocycles. The first kappa shape index (κ1) is 13.2. The molecular formula is C14H16O2Si. The van der Waals surface area contributed by atoms with Crippen LogP contribution in [0.4, 0.5) is 0 Å². The number of hydrogen-bond donors (Lipinski definition) is 0. The molecule has 0 heterocycles. The Hall–Kier alpha value is -1.87. The fourth-order valence-electron chi connectivity index (χ4n) is 1.26. The molecule has 0 saturated heterocycles. The zero-order valence-corrected chi connectivity index (χ0v) is 12.1. The van der Waals surface area contributed by atoms with Crippen LogP contribution in [0, 0.1) is 0 Å². The fourth-order valence-corrected chi connectivity index (χ4v) is 1.26. The van der Waals surface area contributed by atoms with E-state index in [1.54, 1.807) is 0 Å². The van der Waals surface area contributed by atoms with Crippen LogP contribution < -0.4 is 0 Å². The molecule has 2 aromatic rings. The van der Waals surface area contributed by atoms with Gasteiger partial charge in [-0.2, -0.15) is 0 Å². The van der Waals surface area contributed by atoms with Gasteiger partial charge in [0, 0.05) is 6.92 Å². The largest absolute Gasteiger partial charge is 0.529 e. The van der Waals surface area contributed by atoms with Crippen LogP contribution in [-0.4, -0.2) is 16.5 Å². The Kier molecular flexibility index (Phi) is 5.75. The quantitative estimate of drug-likeness (QED) is 0.719. The molecule has 0 bridgehead atoms. The van der Waals surface area contributed by atoms with E-state index in [-0.39, 0.29) is 5.97 Å². The second-order valence-electron chi connectivity index (χ2n) is 3.43. The van der Waals surface area contributed by atoms with E-state index in [0.29, 0.717) is 10.5 Å². The Morgan fingerprint density at radius 1 is 0.882 bits per heavy atom. The number of benzene rings is 2. The molecule has 2 nitrogen and oxygen atoms in total. The second kappa shape index (κ2) is 7.41. The summed E-state index contributed by atoms with van der Waals surface area (Å²) in [4.78, 5) is 9.62. The third kappa shape index (κ3) is 5.13. The standard InChI is InChI=1S/C12H10.C2H6O2Si/c1-3-7-11(8-4-1)12-9-5-2-6-10-12;1-2(3)4-5/h1-10H;1,5H3. The van der Waals surface area contributed by atoms with Crippen LogP contribution >= 0.6 is 0 Å². The second-order valence-corrected chi connectivity index (χ2v) is 3.84. The van der Waals surface area contributed by atoms with Gasteiger partial charge >= 0.3 is 0 Å². The van der Waals surface area contributed by atoms with Gasteiger partial charge in [0.15, 0.2) is 0 Å². The zero-order valence-electron chi connectivity index (χ0n) is 10.1. The highest BCUT2D eigenvalue weighted by atomic mass is 28.2. The highest BCUT2D eigenvalue weighted by Crippen LogP contribution is 2.17. The molecular weight excluding hydrogens is 228 g/mol. The summed E-state index contributed by atoms with van der Waals surface area (Å²) in [6.45, 7) is 1.40. The fraction of sp³-hybridized carbons (Fsp3) is 0.0714. The first-order chi connectivity index (χ1) is 8.24. The summed E-state index contributed by atoms with van der Waals surface area (Å²) in [6.07, 6.45) is 0. The third-order valence-electron chi connectivity index (χ3n) is 2.17. The zero-order chi connectivity index (χ0) is 12.5. The summed E-state index contributed by atoms with van der Waals surface area (Å²) in [6, 6.07) is 20.8. The van der Waals surface area contributed by atoms with Gasteiger partial charge in [-0.15, -0.1) is 0 Å². The van der Waals surface area contributed by atoms with Crippen molar-refractivity contribution in [3.8, 4) is 11.1 Å². The molecule has 0 aliphatic rings. The van der Waals surface area contributed by atoms with Crippen molar-refractivity contribution in [1.82, 2.24) is 0 Å². The lowest BCUT2D eigenvalue weighted by Crippen LogP contribution is -1.90. The van der Waals surface area contributed by atoms with Crippen LogP contribution in [0.15, 0.2) is 60.7 Å². The molecule has 0 amide bonds. The first-order valence-electron chi connectivity index (χ1n) is 5.39. The van der Waals surface area contributed by atoms with E-state index in [9.17, 15) is 4.79 Å². The average molecular weight is 244 g/mol. The molecule has 0 atom stereocenters. The molecule has 2 rings (SSSR count). The van der Waals surface area contributed by atoms with E-state index in [1.807, 2.05) is 12.1 Å². The van der Waals surface area contributed by atoms with E-state index in [4.69, 9.17) is 0 Å². The van der Waals surface area contributed by atoms with Crippen molar-refractivity contribution >= 4 is 16.5 Å². The summed E-state index contributed by atoms with van der Waals surface area (Å²) < 4.78 is 4.25. The molecule has 0 unspecified atom stereocenters. The SMILES string of the molecule is CC(=O)O[SiH3].c1ccc(-c2ccccc2)cc1. The number of carbonyl (C=O) groups is 1. The minimum Gasteiger partial charge on any atom is -0.529 e. The van der Waals surface area contributed by atoms with Crippen molar-refractivity contribution in [1.29, 1.82) is 0 Å². The molecule has 0 aliphatic heterocycles. The minimum absolute atomic E-state index is 0.184. The Bertz CT molecular complexity index is 403. The van der Waals surface area contributed by atoms with Crippen molar-refractivity contribution < 1.29 is 9.22 Å². The molecule has 0 aliphatic carbocycles. The predicted molar refractivity (Wildman–Crippen MR) is 73.6 cm³/mol. The van der Waals surface area contributed by atoms with Gasteiger partial charge in [0.05, 0.1) is 0 Å². The third-order valence-corrected chi connectivity index (χ3v) is 2.74. The normalized spacial score (nSPS) is 9.00. The Balaban J connectivity index is 0.000000249. The van der Waals surface area contributed by atoms with Gasteiger partial charge in [0.25, 0.3) is 5.97 Å². The first-order valence-corrected chi connectivity index (χ1v) is 6.20. The van der Waals surface area contributed by atoms with Crippen LogP contribution in [0.25, 0.3) is 11.1 Å². The molecule has 0 N–H and O–H groups in total.